The SMILES string of the molecule is CC(OC(=O)Cc1sc(-c2ccccc2)nc1-c1cccs1)C(=O)Nc1ccccc1F. The van der Waals surface area contributed by atoms with Gasteiger partial charge in [-0.05, 0) is 30.5 Å². The minimum absolute atomic E-state index is 0.0188. The third kappa shape index (κ3) is 5.09. The largest absolute Gasteiger partial charge is 0.452 e. The van der Waals surface area contributed by atoms with E-state index in [0.29, 0.717) is 0 Å². The molecule has 0 aliphatic rings. The van der Waals surface area contributed by atoms with Crippen LogP contribution in [0, 0.1) is 5.82 Å². The van der Waals surface area contributed by atoms with Gasteiger partial charge in [0.05, 0.1) is 22.7 Å². The Bertz CT molecular complexity index is 1220. The summed E-state index contributed by atoms with van der Waals surface area (Å²) >= 11 is 2.96. The van der Waals surface area contributed by atoms with Gasteiger partial charge < -0.3 is 10.1 Å². The van der Waals surface area contributed by atoms with E-state index in [1.807, 2.05) is 47.8 Å². The van der Waals surface area contributed by atoms with Crippen molar-refractivity contribution in [1.29, 1.82) is 0 Å². The van der Waals surface area contributed by atoms with Crippen molar-refractivity contribution >= 4 is 40.2 Å². The van der Waals surface area contributed by atoms with Crippen LogP contribution in [0.5, 0.6) is 0 Å². The van der Waals surface area contributed by atoms with Gasteiger partial charge in [0.25, 0.3) is 5.91 Å². The molecule has 1 amide bonds. The van der Waals surface area contributed by atoms with Crippen LogP contribution < -0.4 is 5.32 Å². The van der Waals surface area contributed by atoms with Crippen molar-refractivity contribution in [3.63, 3.8) is 0 Å². The standard InChI is InChI=1S/C24H19FN2O3S2/c1-15(23(29)26-18-11-6-5-10-17(18)25)30-21(28)14-20-22(19-12-7-13-31-19)27-24(32-20)16-8-3-2-4-9-16/h2-13,15H,14H2,1H3,(H,26,29). The molecule has 2 heterocycles. The Kier molecular flexibility index (Phi) is 6.72. The number of nitrogens with one attached hydrogen (secondary N) is 1. The van der Waals surface area contributed by atoms with Crippen LogP contribution in [0.25, 0.3) is 21.1 Å². The first-order chi connectivity index (χ1) is 15.5. The molecule has 4 aromatic rings. The molecule has 32 heavy (non-hydrogen) atoms. The van der Waals surface area contributed by atoms with Gasteiger partial charge >= 0.3 is 5.97 Å². The fourth-order valence-electron chi connectivity index (χ4n) is 3.00. The van der Waals surface area contributed by atoms with Gasteiger partial charge in [-0.2, -0.15) is 0 Å². The lowest BCUT2D eigenvalue weighted by molar-refractivity contribution is -0.152. The predicted octanol–water partition coefficient (Wildman–Crippen LogP) is 5.79. The lowest BCUT2D eigenvalue weighted by atomic mass is 10.2. The summed E-state index contributed by atoms with van der Waals surface area (Å²) in [5.41, 5.74) is 1.74. The highest BCUT2D eigenvalue weighted by Gasteiger charge is 2.22. The van der Waals surface area contributed by atoms with E-state index in [1.54, 1.807) is 6.07 Å². The number of aromatic nitrogens is 1. The fraction of sp³-hybridized carbons (Fsp3) is 0.125. The number of para-hydroxylation sites is 1. The minimum atomic E-state index is -1.08. The van der Waals surface area contributed by atoms with Gasteiger partial charge in [0.2, 0.25) is 0 Å². The number of thiazole rings is 1. The summed E-state index contributed by atoms with van der Waals surface area (Å²) in [7, 11) is 0. The Morgan fingerprint density at radius 2 is 1.81 bits per heavy atom. The number of hydrogen-bond acceptors (Lipinski definition) is 6. The zero-order valence-electron chi connectivity index (χ0n) is 17.1. The molecule has 1 N–H and O–H groups in total. The van der Waals surface area contributed by atoms with Crippen LogP contribution in [0.1, 0.15) is 11.8 Å². The summed E-state index contributed by atoms with van der Waals surface area (Å²) in [6.07, 6.45) is -1.09. The van der Waals surface area contributed by atoms with Crippen molar-refractivity contribution in [3.8, 4) is 21.1 Å². The monoisotopic (exact) mass is 466 g/mol. The van der Waals surface area contributed by atoms with Crippen LogP contribution in [0.3, 0.4) is 0 Å². The molecule has 5 nitrogen and oxygen atoms in total. The van der Waals surface area contributed by atoms with Crippen LogP contribution in [-0.2, 0) is 20.7 Å². The van der Waals surface area contributed by atoms with Gasteiger partial charge in [0, 0.05) is 10.4 Å². The Hall–Kier alpha value is -3.36. The van der Waals surface area contributed by atoms with Gasteiger partial charge in [-0.3, -0.25) is 9.59 Å². The second kappa shape index (κ2) is 9.84. The van der Waals surface area contributed by atoms with Gasteiger partial charge in [0.15, 0.2) is 6.10 Å². The van der Waals surface area contributed by atoms with Crippen LogP contribution in [-0.4, -0.2) is 23.0 Å². The highest BCUT2D eigenvalue weighted by atomic mass is 32.1. The van der Waals surface area contributed by atoms with Gasteiger partial charge in [-0.25, -0.2) is 9.37 Å². The lowest BCUT2D eigenvalue weighted by Gasteiger charge is -2.13. The molecule has 1 atom stereocenters. The van der Waals surface area contributed by atoms with E-state index in [9.17, 15) is 14.0 Å². The first kappa shape index (κ1) is 21.9. The maximum Gasteiger partial charge on any atom is 0.311 e. The molecule has 8 heteroatoms. The maximum absolute atomic E-state index is 13.8. The highest BCUT2D eigenvalue weighted by molar-refractivity contribution is 7.17. The maximum atomic E-state index is 13.8. The molecule has 0 fully saturated rings. The molecule has 0 radical (unpaired) electrons. The minimum Gasteiger partial charge on any atom is -0.452 e. The topological polar surface area (TPSA) is 68.3 Å². The number of esters is 1. The second-order valence-corrected chi connectivity index (χ2v) is 8.94. The molecular formula is C24H19FN2O3S2. The number of rotatable bonds is 7. The summed E-state index contributed by atoms with van der Waals surface area (Å²) in [5, 5.41) is 5.20. The van der Waals surface area contributed by atoms with Crippen molar-refractivity contribution in [1.82, 2.24) is 4.98 Å². The molecule has 0 bridgehead atoms. The number of anilines is 1. The normalized spacial score (nSPS) is 11.7. The van der Waals surface area contributed by atoms with E-state index < -0.39 is 23.8 Å². The van der Waals surface area contributed by atoms with E-state index >= 15 is 0 Å². The first-order valence-electron chi connectivity index (χ1n) is 9.85. The Morgan fingerprint density at radius 1 is 1.06 bits per heavy atom. The van der Waals surface area contributed by atoms with Gasteiger partial charge in [-0.15, -0.1) is 22.7 Å². The summed E-state index contributed by atoms with van der Waals surface area (Å²) in [6, 6.07) is 19.4. The summed E-state index contributed by atoms with van der Waals surface area (Å²) in [6.45, 7) is 1.45. The molecule has 0 aliphatic carbocycles. The number of halogens is 1. The zero-order chi connectivity index (χ0) is 22.5. The van der Waals surface area contributed by atoms with Crippen molar-refractivity contribution in [2.24, 2.45) is 0 Å². The summed E-state index contributed by atoms with van der Waals surface area (Å²) < 4.78 is 19.1. The molecular weight excluding hydrogens is 447 g/mol. The number of hydrogen-bond donors (Lipinski definition) is 1. The van der Waals surface area contributed by atoms with Crippen molar-refractivity contribution in [2.75, 3.05) is 5.32 Å². The molecule has 0 saturated carbocycles. The van der Waals surface area contributed by atoms with E-state index in [1.165, 1.54) is 47.8 Å². The third-order valence-electron chi connectivity index (χ3n) is 4.59. The number of amides is 1. The number of thiophene rings is 1. The molecule has 162 valence electrons. The van der Waals surface area contributed by atoms with Gasteiger partial charge in [0.1, 0.15) is 10.8 Å². The van der Waals surface area contributed by atoms with Crippen molar-refractivity contribution in [3.05, 3.63) is 82.8 Å². The number of ether oxygens (including phenoxy) is 1. The number of carbonyl (C=O) groups excluding carboxylic acids is 2. The number of nitrogens with zero attached hydrogens (tertiary/aromatic N) is 1. The van der Waals surface area contributed by atoms with E-state index in [-0.39, 0.29) is 12.1 Å². The molecule has 0 aliphatic heterocycles. The van der Waals surface area contributed by atoms with Crippen LogP contribution >= 0.6 is 22.7 Å². The summed E-state index contributed by atoms with van der Waals surface area (Å²) in [4.78, 5) is 31.4. The molecule has 4 rings (SSSR count). The molecule has 0 saturated heterocycles. The fourth-order valence-corrected chi connectivity index (χ4v) is 4.87. The van der Waals surface area contributed by atoms with Gasteiger partial charge in [-0.1, -0.05) is 48.5 Å². The Morgan fingerprint density at radius 3 is 2.53 bits per heavy atom. The molecule has 2 aromatic heterocycles. The average molecular weight is 467 g/mol. The van der Waals surface area contributed by atoms with Crippen LogP contribution in [0.15, 0.2) is 72.1 Å². The molecule has 2 aromatic carbocycles. The molecule has 1 unspecified atom stereocenters. The van der Waals surface area contributed by atoms with E-state index in [0.717, 1.165) is 26.0 Å². The first-order valence-corrected chi connectivity index (χ1v) is 11.5. The Balaban J connectivity index is 1.48. The van der Waals surface area contributed by atoms with Crippen molar-refractivity contribution < 1.29 is 18.7 Å². The summed E-state index contributed by atoms with van der Waals surface area (Å²) in [5.74, 6) is -1.71. The molecule has 0 spiro atoms. The van der Waals surface area contributed by atoms with Crippen LogP contribution in [0.4, 0.5) is 10.1 Å². The van der Waals surface area contributed by atoms with Crippen LogP contribution in [0.2, 0.25) is 0 Å². The highest BCUT2D eigenvalue weighted by Crippen LogP contribution is 2.36. The predicted molar refractivity (Wildman–Crippen MR) is 125 cm³/mol. The lowest BCUT2D eigenvalue weighted by Crippen LogP contribution is -2.30. The van der Waals surface area contributed by atoms with E-state index in [4.69, 9.17) is 9.72 Å². The number of benzene rings is 2. The number of carbonyl (C=O) groups is 2. The third-order valence-corrected chi connectivity index (χ3v) is 6.57. The zero-order valence-corrected chi connectivity index (χ0v) is 18.7. The van der Waals surface area contributed by atoms with Crippen molar-refractivity contribution in [2.45, 2.75) is 19.4 Å². The smallest absolute Gasteiger partial charge is 0.311 e. The van der Waals surface area contributed by atoms with E-state index in [2.05, 4.69) is 5.32 Å². The average Bonchev–Trinajstić information content (AvgIpc) is 3.46. The quantitative estimate of drug-likeness (QED) is 0.350. The second-order valence-electron chi connectivity index (χ2n) is 6.91. The Labute approximate surface area is 192 Å².